The third kappa shape index (κ3) is 3.01. The van der Waals surface area contributed by atoms with Gasteiger partial charge in [-0.2, -0.15) is 0 Å². The fourth-order valence-corrected chi connectivity index (χ4v) is 2.42. The Morgan fingerprint density at radius 3 is 2.21 bits per heavy atom. The van der Waals surface area contributed by atoms with Crippen LogP contribution < -0.4 is 0 Å². The normalized spacial score (nSPS) is 10.3. The number of pyridine rings is 1. The molecule has 0 saturated heterocycles. The summed E-state index contributed by atoms with van der Waals surface area (Å²) in [5.41, 5.74) is 5.07. The van der Waals surface area contributed by atoms with Crippen molar-refractivity contribution in [3.8, 4) is 22.5 Å². The maximum atomic E-state index is 4.31. The zero-order valence-corrected chi connectivity index (χ0v) is 14.0. The van der Waals surface area contributed by atoms with Crippen LogP contribution in [0, 0.1) is 6.92 Å². The van der Waals surface area contributed by atoms with Gasteiger partial charge in [-0.15, -0.1) is 10.2 Å². The van der Waals surface area contributed by atoms with Gasteiger partial charge in [0.25, 0.3) is 0 Å². The van der Waals surface area contributed by atoms with Crippen LogP contribution in [0.5, 0.6) is 0 Å². The number of benzene rings is 1. The smallest absolute Gasteiger partial charge is 0.168 e. The predicted octanol–water partition coefficient (Wildman–Crippen LogP) is 4.19. The number of hydrogen-bond acceptors (Lipinski definition) is 4. The predicted molar refractivity (Wildman–Crippen MR) is 95.5 cm³/mol. The van der Waals surface area contributed by atoms with E-state index < -0.39 is 0 Å². The number of aryl methyl sites for hydroxylation is 1. The highest BCUT2D eigenvalue weighted by molar-refractivity contribution is 5.68. The fraction of sp³-hybridized carbons (Fsp3) is 0.158. The molecule has 0 aliphatic carbocycles. The lowest BCUT2D eigenvalue weighted by Crippen LogP contribution is -1.90. The fourth-order valence-electron chi connectivity index (χ4n) is 2.42. The van der Waals surface area contributed by atoms with Gasteiger partial charge < -0.3 is 0 Å². The van der Waals surface area contributed by atoms with Gasteiger partial charge in [0.15, 0.2) is 11.5 Å². The summed E-state index contributed by atoms with van der Waals surface area (Å²) in [5.74, 6) is 0.839. The molecule has 5 nitrogen and oxygen atoms in total. The molecule has 0 spiro atoms. The molecule has 3 aromatic heterocycles. The minimum atomic E-state index is 0.803. The van der Waals surface area contributed by atoms with Crippen LogP contribution >= 0.6 is 0 Å². The zero-order chi connectivity index (χ0) is 16.9. The van der Waals surface area contributed by atoms with Crippen molar-refractivity contribution in [3.63, 3.8) is 0 Å². The summed E-state index contributed by atoms with van der Waals surface area (Å²) in [4.78, 5) is 8.10. The van der Waals surface area contributed by atoms with Gasteiger partial charge in [-0.25, -0.2) is 9.97 Å². The maximum Gasteiger partial charge on any atom is 0.168 e. The number of aromatic nitrogens is 5. The minimum Gasteiger partial charge on any atom is -0.282 e. The van der Waals surface area contributed by atoms with E-state index in [0.717, 1.165) is 28.2 Å². The standard InChI is InChI=1S/C17H13N5.C2H6/c1-12-2-4-13(5-3-12)17-21-20-16-8-14(6-7-22(16)17)15-9-18-11-19-10-15;1-2/h2-11H,1H3;1-2H3. The molecule has 1 aromatic carbocycles. The average molecular weight is 317 g/mol. The van der Waals surface area contributed by atoms with Crippen molar-refractivity contribution in [3.05, 3.63) is 66.9 Å². The number of rotatable bonds is 2. The van der Waals surface area contributed by atoms with Gasteiger partial charge in [0, 0.05) is 29.7 Å². The Labute approximate surface area is 141 Å². The lowest BCUT2D eigenvalue weighted by atomic mass is 10.1. The molecule has 120 valence electrons. The van der Waals surface area contributed by atoms with Crippen molar-refractivity contribution in [2.45, 2.75) is 20.8 Å². The van der Waals surface area contributed by atoms with Crippen LogP contribution in [-0.4, -0.2) is 24.6 Å². The van der Waals surface area contributed by atoms with E-state index in [2.05, 4.69) is 51.4 Å². The van der Waals surface area contributed by atoms with Gasteiger partial charge in [0.05, 0.1) is 0 Å². The molecule has 0 aliphatic rings. The van der Waals surface area contributed by atoms with Gasteiger partial charge in [0.2, 0.25) is 0 Å². The lowest BCUT2D eigenvalue weighted by Gasteiger charge is -2.03. The molecule has 0 aliphatic heterocycles. The van der Waals surface area contributed by atoms with E-state index >= 15 is 0 Å². The molecule has 5 heteroatoms. The van der Waals surface area contributed by atoms with Crippen molar-refractivity contribution < 1.29 is 0 Å². The molecule has 0 N–H and O–H groups in total. The largest absolute Gasteiger partial charge is 0.282 e. The molecule has 0 amide bonds. The van der Waals surface area contributed by atoms with E-state index in [0.29, 0.717) is 0 Å². The third-order valence-corrected chi connectivity index (χ3v) is 3.61. The summed E-state index contributed by atoms with van der Waals surface area (Å²) in [7, 11) is 0. The summed E-state index contributed by atoms with van der Waals surface area (Å²) in [5, 5.41) is 8.59. The summed E-state index contributed by atoms with van der Waals surface area (Å²) in [6.45, 7) is 6.07. The molecule has 4 rings (SSSR count). The quantitative estimate of drug-likeness (QED) is 0.556. The van der Waals surface area contributed by atoms with Crippen molar-refractivity contribution in [2.24, 2.45) is 0 Å². The Morgan fingerprint density at radius 1 is 0.792 bits per heavy atom. The Hall–Kier alpha value is -3.08. The highest BCUT2D eigenvalue weighted by Gasteiger charge is 2.09. The molecule has 0 saturated carbocycles. The first kappa shape index (κ1) is 15.8. The zero-order valence-electron chi connectivity index (χ0n) is 14.0. The molecule has 4 aromatic rings. The second-order valence-electron chi connectivity index (χ2n) is 5.16. The van der Waals surface area contributed by atoms with Gasteiger partial charge in [-0.3, -0.25) is 4.40 Å². The average Bonchev–Trinajstić information content (AvgIpc) is 3.08. The van der Waals surface area contributed by atoms with E-state index in [4.69, 9.17) is 0 Å². The first-order chi connectivity index (χ1) is 11.8. The van der Waals surface area contributed by atoms with Crippen LogP contribution in [0.15, 0.2) is 61.3 Å². The highest BCUT2D eigenvalue weighted by atomic mass is 15.2. The van der Waals surface area contributed by atoms with Crippen molar-refractivity contribution >= 4 is 5.65 Å². The number of nitrogens with zero attached hydrogens (tertiary/aromatic N) is 5. The van der Waals surface area contributed by atoms with Gasteiger partial charge >= 0.3 is 0 Å². The summed E-state index contributed by atoms with van der Waals surface area (Å²) >= 11 is 0. The molecule has 0 radical (unpaired) electrons. The minimum absolute atomic E-state index is 0.803. The highest BCUT2D eigenvalue weighted by Crippen LogP contribution is 2.23. The lowest BCUT2D eigenvalue weighted by molar-refractivity contribution is 1.11. The van der Waals surface area contributed by atoms with Crippen LogP contribution in [0.4, 0.5) is 0 Å². The molecule has 0 atom stereocenters. The molecular formula is C19H19N5. The molecule has 24 heavy (non-hydrogen) atoms. The topological polar surface area (TPSA) is 56.0 Å². The third-order valence-electron chi connectivity index (χ3n) is 3.61. The Balaban J connectivity index is 0.000000815. The SMILES string of the molecule is CC.Cc1ccc(-c2nnc3cc(-c4cncnc4)ccn23)cc1. The Bertz CT molecular complexity index is 927. The number of fused-ring (bicyclic) bond motifs is 1. The van der Waals surface area contributed by atoms with E-state index in [9.17, 15) is 0 Å². The maximum absolute atomic E-state index is 4.31. The first-order valence-electron chi connectivity index (χ1n) is 7.98. The molecule has 0 fully saturated rings. The molecule has 0 bridgehead atoms. The van der Waals surface area contributed by atoms with E-state index in [1.165, 1.54) is 11.9 Å². The van der Waals surface area contributed by atoms with Gasteiger partial charge in [-0.1, -0.05) is 43.7 Å². The van der Waals surface area contributed by atoms with Crippen LogP contribution in [0.25, 0.3) is 28.2 Å². The van der Waals surface area contributed by atoms with Crippen molar-refractivity contribution in [2.75, 3.05) is 0 Å². The summed E-state index contributed by atoms with van der Waals surface area (Å²) in [6.07, 6.45) is 7.08. The Kier molecular flexibility index (Phi) is 4.61. The van der Waals surface area contributed by atoms with E-state index in [1.54, 1.807) is 12.4 Å². The number of hydrogen-bond donors (Lipinski definition) is 0. The van der Waals surface area contributed by atoms with Gasteiger partial charge in [-0.05, 0) is 24.6 Å². The van der Waals surface area contributed by atoms with Crippen LogP contribution in [0.3, 0.4) is 0 Å². The van der Waals surface area contributed by atoms with Crippen molar-refractivity contribution in [1.82, 2.24) is 24.6 Å². The Morgan fingerprint density at radius 2 is 1.50 bits per heavy atom. The van der Waals surface area contributed by atoms with Crippen LogP contribution in [0.2, 0.25) is 0 Å². The molecule has 3 heterocycles. The van der Waals surface area contributed by atoms with Crippen LogP contribution in [0.1, 0.15) is 19.4 Å². The van der Waals surface area contributed by atoms with Crippen molar-refractivity contribution in [1.29, 1.82) is 0 Å². The summed E-state index contributed by atoms with van der Waals surface area (Å²) in [6, 6.07) is 12.3. The second kappa shape index (κ2) is 7.00. The van der Waals surface area contributed by atoms with Crippen LogP contribution in [-0.2, 0) is 0 Å². The monoisotopic (exact) mass is 317 g/mol. The first-order valence-corrected chi connectivity index (χ1v) is 7.98. The summed E-state index contributed by atoms with van der Waals surface area (Å²) < 4.78 is 1.98. The van der Waals surface area contributed by atoms with E-state index in [1.807, 2.05) is 36.6 Å². The molecule has 0 unspecified atom stereocenters. The van der Waals surface area contributed by atoms with Gasteiger partial charge in [0.1, 0.15) is 6.33 Å². The second-order valence-corrected chi connectivity index (χ2v) is 5.16. The molecular weight excluding hydrogens is 298 g/mol. The van der Waals surface area contributed by atoms with E-state index in [-0.39, 0.29) is 0 Å².